The molecule has 1 aliphatic carbocycles. The molecule has 1 aromatic carbocycles. The van der Waals surface area contributed by atoms with Gasteiger partial charge in [-0.15, -0.1) is 0 Å². The van der Waals surface area contributed by atoms with E-state index in [0.717, 1.165) is 30.6 Å². The number of hydrogen-bond donors (Lipinski definition) is 1. The predicted octanol–water partition coefficient (Wildman–Crippen LogP) is 3.06. The second-order valence-electron chi connectivity index (χ2n) is 6.17. The van der Waals surface area contributed by atoms with Crippen molar-refractivity contribution in [3.05, 3.63) is 29.8 Å². The van der Waals surface area contributed by atoms with E-state index in [1.54, 1.807) is 7.11 Å². The van der Waals surface area contributed by atoms with Crippen molar-refractivity contribution in [2.75, 3.05) is 20.7 Å². The van der Waals surface area contributed by atoms with Crippen LogP contribution in [0.5, 0.6) is 5.75 Å². The van der Waals surface area contributed by atoms with Gasteiger partial charge in [-0.2, -0.15) is 0 Å². The lowest BCUT2D eigenvalue weighted by atomic mass is 9.95. The molecule has 4 atom stereocenters. The van der Waals surface area contributed by atoms with Crippen LogP contribution in [0.2, 0.25) is 0 Å². The van der Waals surface area contributed by atoms with E-state index in [0.29, 0.717) is 0 Å². The Labute approximate surface area is 123 Å². The number of nitrogens with two attached hydrogens (primary N) is 1. The van der Waals surface area contributed by atoms with E-state index >= 15 is 0 Å². The molecule has 3 nitrogen and oxygen atoms in total. The summed E-state index contributed by atoms with van der Waals surface area (Å²) in [6.45, 7) is 5.61. The highest BCUT2D eigenvalue weighted by atomic mass is 16.5. The fourth-order valence-corrected chi connectivity index (χ4v) is 3.07. The second kappa shape index (κ2) is 6.59. The van der Waals surface area contributed by atoms with Gasteiger partial charge in [-0.05, 0) is 37.8 Å². The molecular weight excluding hydrogens is 248 g/mol. The molecule has 0 amide bonds. The third kappa shape index (κ3) is 3.33. The van der Waals surface area contributed by atoms with Crippen LogP contribution in [0.1, 0.15) is 38.3 Å². The Kier molecular flexibility index (Phi) is 5.06. The Balaban J connectivity index is 2.22. The molecule has 0 spiro atoms. The summed E-state index contributed by atoms with van der Waals surface area (Å²) in [5, 5.41) is 0. The Morgan fingerprint density at radius 2 is 2.05 bits per heavy atom. The molecule has 0 heterocycles. The van der Waals surface area contributed by atoms with Crippen LogP contribution in [-0.4, -0.2) is 31.6 Å². The third-order valence-corrected chi connectivity index (χ3v) is 4.61. The molecule has 1 aliphatic rings. The standard InChI is InChI=1S/C17H28N2O/c1-5-15(18)17(19(3)11-13-10-12(13)2)14-8-6-7-9-16(14)20-4/h6-9,12-13,15,17H,5,10-11,18H2,1-4H3. The van der Waals surface area contributed by atoms with Gasteiger partial charge in [-0.3, -0.25) is 4.90 Å². The minimum absolute atomic E-state index is 0.130. The maximum Gasteiger partial charge on any atom is 0.123 e. The molecular formula is C17H28N2O. The highest BCUT2D eigenvalue weighted by Crippen LogP contribution is 2.40. The molecule has 0 saturated heterocycles. The highest BCUT2D eigenvalue weighted by Gasteiger charge is 2.36. The molecule has 0 aliphatic heterocycles. The summed E-state index contributed by atoms with van der Waals surface area (Å²) in [7, 11) is 3.92. The van der Waals surface area contributed by atoms with Gasteiger partial charge in [0.15, 0.2) is 0 Å². The lowest BCUT2D eigenvalue weighted by Crippen LogP contribution is -2.40. The Bertz CT molecular complexity index is 435. The zero-order valence-corrected chi connectivity index (χ0v) is 13.2. The lowest BCUT2D eigenvalue weighted by Gasteiger charge is -2.33. The fourth-order valence-electron chi connectivity index (χ4n) is 3.07. The van der Waals surface area contributed by atoms with Gasteiger partial charge in [0.1, 0.15) is 5.75 Å². The van der Waals surface area contributed by atoms with Gasteiger partial charge in [0.05, 0.1) is 13.2 Å². The lowest BCUT2D eigenvalue weighted by molar-refractivity contribution is 0.195. The molecule has 20 heavy (non-hydrogen) atoms. The van der Waals surface area contributed by atoms with E-state index < -0.39 is 0 Å². The number of rotatable bonds is 7. The molecule has 0 bridgehead atoms. The van der Waals surface area contributed by atoms with E-state index in [4.69, 9.17) is 10.5 Å². The van der Waals surface area contributed by atoms with Crippen molar-refractivity contribution in [3.63, 3.8) is 0 Å². The van der Waals surface area contributed by atoms with Gasteiger partial charge in [0.2, 0.25) is 0 Å². The first-order valence-electron chi connectivity index (χ1n) is 7.67. The SMILES string of the molecule is CCC(N)C(c1ccccc1OC)N(C)CC1CC1C. The Morgan fingerprint density at radius 3 is 2.60 bits per heavy atom. The number of hydrogen-bond acceptors (Lipinski definition) is 3. The van der Waals surface area contributed by atoms with Crippen LogP contribution in [0.4, 0.5) is 0 Å². The summed E-state index contributed by atoms with van der Waals surface area (Å²) in [5.74, 6) is 2.65. The monoisotopic (exact) mass is 276 g/mol. The number of likely N-dealkylation sites (N-methyl/N-ethyl adjacent to an activating group) is 1. The number of para-hydroxylation sites is 1. The van der Waals surface area contributed by atoms with Crippen LogP contribution in [-0.2, 0) is 0 Å². The van der Waals surface area contributed by atoms with Crippen LogP contribution in [0.3, 0.4) is 0 Å². The number of methoxy groups -OCH3 is 1. The van der Waals surface area contributed by atoms with Crippen molar-refractivity contribution < 1.29 is 4.74 Å². The Hall–Kier alpha value is -1.06. The molecule has 2 rings (SSSR count). The molecule has 112 valence electrons. The van der Waals surface area contributed by atoms with Gasteiger partial charge in [0.25, 0.3) is 0 Å². The van der Waals surface area contributed by atoms with Crippen LogP contribution < -0.4 is 10.5 Å². The van der Waals surface area contributed by atoms with Crippen LogP contribution in [0.15, 0.2) is 24.3 Å². The average Bonchev–Trinajstić information content (AvgIpc) is 3.14. The van der Waals surface area contributed by atoms with Crippen molar-refractivity contribution in [1.29, 1.82) is 0 Å². The maximum atomic E-state index is 6.41. The van der Waals surface area contributed by atoms with Crippen molar-refractivity contribution >= 4 is 0 Å². The van der Waals surface area contributed by atoms with E-state index in [2.05, 4.69) is 37.9 Å². The van der Waals surface area contributed by atoms with E-state index in [1.165, 1.54) is 12.0 Å². The first kappa shape index (κ1) is 15.3. The summed E-state index contributed by atoms with van der Waals surface area (Å²) in [6, 6.07) is 8.61. The van der Waals surface area contributed by atoms with Crippen molar-refractivity contribution in [2.24, 2.45) is 17.6 Å². The van der Waals surface area contributed by atoms with Crippen LogP contribution >= 0.6 is 0 Å². The van der Waals surface area contributed by atoms with Gasteiger partial charge in [-0.1, -0.05) is 32.0 Å². The summed E-state index contributed by atoms with van der Waals surface area (Å²) >= 11 is 0. The first-order chi connectivity index (χ1) is 9.58. The van der Waals surface area contributed by atoms with E-state index in [-0.39, 0.29) is 12.1 Å². The largest absolute Gasteiger partial charge is 0.496 e. The van der Waals surface area contributed by atoms with Gasteiger partial charge in [0, 0.05) is 18.2 Å². The van der Waals surface area contributed by atoms with Gasteiger partial charge >= 0.3 is 0 Å². The van der Waals surface area contributed by atoms with E-state index in [1.807, 2.05) is 12.1 Å². The highest BCUT2D eigenvalue weighted by molar-refractivity contribution is 5.36. The smallest absolute Gasteiger partial charge is 0.123 e. The molecule has 4 unspecified atom stereocenters. The maximum absolute atomic E-state index is 6.41. The van der Waals surface area contributed by atoms with Crippen LogP contribution in [0.25, 0.3) is 0 Å². The average molecular weight is 276 g/mol. The Morgan fingerprint density at radius 1 is 1.40 bits per heavy atom. The molecule has 3 heteroatoms. The summed E-state index contributed by atoms with van der Waals surface area (Å²) < 4.78 is 5.53. The quantitative estimate of drug-likeness (QED) is 0.832. The minimum atomic E-state index is 0.130. The molecule has 1 fully saturated rings. The topological polar surface area (TPSA) is 38.5 Å². The number of nitrogens with zero attached hydrogens (tertiary/aromatic N) is 1. The van der Waals surface area contributed by atoms with Crippen molar-refractivity contribution in [3.8, 4) is 5.75 Å². The van der Waals surface area contributed by atoms with Crippen molar-refractivity contribution in [1.82, 2.24) is 4.90 Å². The third-order valence-electron chi connectivity index (χ3n) is 4.61. The van der Waals surface area contributed by atoms with Crippen molar-refractivity contribution in [2.45, 2.75) is 38.8 Å². The molecule has 1 saturated carbocycles. The van der Waals surface area contributed by atoms with Gasteiger partial charge < -0.3 is 10.5 Å². The number of benzene rings is 1. The predicted molar refractivity (Wildman–Crippen MR) is 83.9 cm³/mol. The summed E-state index contributed by atoms with van der Waals surface area (Å²) in [5.41, 5.74) is 7.62. The normalized spacial score (nSPS) is 24.5. The molecule has 0 aromatic heterocycles. The summed E-state index contributed by atoms with van der Waals surface area (Å²) in [6.07, 6.45) is 2.32. The molecule has 1 aromatic rings. The molecule has 2 N–H and O–H groups in total. The van der Waals surface area contributed by atoms with Gasteiger partial charge in [-0.25, -0.2) is 0 Å². The second-order valence-corrected chi connectivity index (χ2v) is 6.17. The van der Waals surface area contributed by atoms with E-state index in [9.17, 15) is 0 Å². The number of ether oxygens (including phenoxy) is 1. The zero-order chi connectivity index (χ0) is 14.7. The minimum Gasteiger partial charge on any atom is -0.496 e. The van der Waals surface area contributed by atoms with Crippen LogP contribution in [0, 0.1) is 11.8 Å². The molecule has 0 radical (unpaired) electrons. The zero-order valence-electron chi connectivity index (χ0n) is 13.2. The first-order valence-corrected chi connectivity index (χ1v) is 7.67. The summed E-state index contributed by atoms with van der Waals surface area (Å²) in [4.78, 5) is 2.42. The fraction of sp³-hybridized carbons (Fsp3) is 0.647.